The van der Waals surface area contributed by atoms with Crippen LogP contribution in [0.2, 0.25) is 0 Å². The normalized spacial score (nSPS) is 24.6. The van der Waals surface area contributed by atoms with Gasteiger partial charge in [-0.3, -0.25) is 4.79 Å². The van der Waals surface area contributed by atoms with Gasteiger partial charge in [-0.15, -0.1) is 12.4 Å². The van der Waals surface area contributed by atoms with Gasteiger partial charge >= 0.3 is 0 Å². The molecule has 106 valence electrons. The van der Waals surface area contributed by atoms with Crippen LogP contribution >= 0.6 is 12.4 Å². The van der Waals surface area contributed by atoms with Gasteiger partial charge in [-0.1, -0.05) is 12.8 Å². The third kappa shape index (κ3) is 4.11. The molecule has 1 saturated heterocycles. The van der Waals surface area contributed by atoms with Crippen molar-refractivity contribution >= 4 is 18.3 Å². The standard InChI is InChI=1S/C13H24N2O2.ClH/c1-2-15(12-5-3-4-6-12)13(16)9-11-10-17-8-7-14-11;/h11-12,14H,2-10H2,1H3;1H. The molecule has 1 heterocycles. The van der Waals surface area contributed by atoms with Crippen LogP contribution in [0.1, 0.15) is 39.0 Å². The summed E-state index contributed by atoms with van der Waals surface area (Å²) in [6.45, 7) is 5.24. The lowest BCUT2D eigenvalue weighted by atomic mass is 10.1. The Balaban J connectivity index is 0.00000162. The number of hydrogen-bond acceptors (Lipinski definition) is 3. The van der Waals surface area contributed by atoms with Crippen LogP contribution in [0.5, 0.6) is 0 Å². The first kappa shape index (κ1) is 15.7. The van der Waals surface area contributed by atoms with Gasteiger partial charge in [0.25, 0.3) is 0 Å². The van der Waals surface area contributed by atoms with Gasteiger partial charge in [0, 0.05) is 31.6 Å². The summed E-state index contributed by atoms with van der Waals surface area (Å²) in [4.78, 5) is 14.3. The third-order valence-electron chi connectivity index (χ3n) is 3.85. The summed E-state index contributed by atoms with van der Waals surface area (Å²) in [6, 6.07) is 0.712. The lowest BCUT2D eigenvalue weighted by Crippen LogP contribution is -2.47. The number of rotatable bonds is 4. The maximum atomic E-state index is 12.3. The zero-order valence-electron chi connectivity index (χ0n) is 11.2. The second-order valence-electron chi connectivity index (χ2n) is 5.05. The first-order valence-corrected chi connectivity index (χ1v) is 6.92. The highest BCUT2D eigenvalue weighted by Crippen LogP contribution is 2.24. The first-order chi connectivity index (χ1) is 8.31. The molecule has 1 amide bonds. The molecule has 1 atom stereocenters. The predicted octanol–water partition coefficient (Wildman–Crippen LogP) is 1.58. The van der Waals surface area contributed by atoms with Crippen molar-refractivity contribution in [2.24, 2.45) is 0 Å². The van der Waals surface area contributed by atoms with Crippen LogP contribution in [-0.4, -0.2) is 49.2 Å². The van der Waals surface area contributed by atoms with Crippen LogP contribution in [0.25, 0.3) is 0 Å². The van der Waals surface area contributed by atoms with E-state index < -0.39 is 0 Å². The first-order valence-electron chi connectivity index (χ1n) is 6.92. The van der Waals surface area contributed by atoms with E-state index in [2.05, 4.69) is 17.1 Å². The minimum absolute atomic E-state index is 0. The lowest BCUT2D eigenvalue weighted by molar-refractivity contribution is -0.134. The molecular formula is C13H25ClN2O2. The molecular weight excluding hydrogens is 252 g/mol. The quantitative estimate of drug-likeness (QED) is 0.848. The van der Waals surface area contributed by atoms with E-state index >= 15 is 0 Å². The van der Waals surface area contributed by atoms with Gasteiger partial charge in [0.1, 0.15) is 0 Å². The fraction of sp³-hybridized carbons (Fsp3) is 0.923. The van der Waals surface area contributed by atoms with Gasteiger partial charge in [0.15, 0.2) is 0 Å². The summed E-state index contributed by atoms with van der Waals surface area (Å²) in [5.41, 5.74) is 0. The van der Waals surface area contributed by atoms with Crippen LogP contribution < -0.4 is 5.32 Å². The zero-order valence-corrected chi connectivity index (χ0v) is 12.0. The summed E-state index contributed by atoms with van der Waals surface area (Å²) < 4.78 is 5.39. The Labute approximate surface area is 116 Å². The van der Waals surface area contributed by atoms with E-state index in [-0.39, 0.29) is 18.4 Å². The molecule has 1 saturated carbocycles. The average Bonchev–Trinajstić information content (AvgIpc) is 2.85. The van der Waals surface area contributed by atoms with Crippen molar-refractivity contribution in [1.29, 1.82) is 0 Å². The molecule has 1 N–H and O–H groups in total. The highest BCUT2D eigenvalue weighted by atomic mass is 35.5. The molecule has 0 aromatic rings. The molecule has 1 unspecified atom stereocenters. The van der Waals surface area contributed by atoms with E-state index in [1.165, 1.54) is 25.7 Å². The molecule has 2 aliphatic rings. The predicted molar refractivity (Wildman–Crippen MR) is 74.1 cm³/mol. The number of nitrogens with zero attached hydrogens (tertiary/aromatic N) is 1. The van der Waals surface area contributed by atoms with Crippen molar-refractivity contribution in [3.8, 4) is 0 Å². The van der Waals surface area contributed by atoms with E-state index in [0.29, 0.717) is 25.0 Å². The topological polar surface area (TPSA) is 41.6 Å². The second kappa shape index (κ2) is 7.97. The van der Waals surface area contributed by atoms with Crippen LogP contribution in [-0.2, 0) is 9.53 Å². The van der Waals surface area contributed by atoms with Gasteiger partial charge in [-0.2, -0.15) is 0 Å². The fourth-order valence-corrected chi connectivity index (χ4v) is 2.93. The SMILES string of the molecule is CCN(C(=O)CC1COCCN1)C1CCCC1.Cl. The molecule has 0 bridgehead atoms. The van der Waals surface area contributed by atoms with Crippen LogP contribution in [0, 0.1) is 0 Å². The van der Waals surface area contributed by atoms with Crippen molar-refractivity contribution in [2.45, 2.75) is 51.1 Å². The minimum Gasteiger partial charge on any atom is -0.378 e. The number of ether oxygens (including phenoxy) is 1. The van der Waals surface area contributed by atoms with Gasteiger partial charge in [-0.05, 0) is 19.8 Å². The zero-order chi connectivity index (χ0) is 12.1. The fourth-order valence-electron chi connectivity index (χ4n) is 2.93. The lowest BCUT2D eigenvalue weighted by Gasteiger charge is -2.30. The molecule has 18 heavy (non-hydrogen) atoms. The number of halogens is 1. The Bertz CT molecular complexity index is 251. The smallest absolute Gasteiger partial charge is 0.224 e. The number of amides is 1. The van der Waals surface area contributed by atoms with Crippen LogP contribution in [0.3, 0.4) is 0 Å². The van der Waals surface area contributed by atoms with E-state index in [4.69, 9.17) is 4.74 Å². The van der Waals surface area contributed by atoms with Crippen molar-refractivity contribution < 1.29 is 9.53 Å². The van der Waals surface area contributed by atoms with Crippen LogP contribution in [0.4, 0.5) is 0 Å². The summed E-state index contributed by atoms with van der Waals surface area (Å²) in [5, 5.41) is 3.35. The Morgan fingerprint density at radius 1 is 1.39 bits per heavy atom. The maximum absolute atomic E-state index is 12.3. The molecule has 0 radical (unpaired) electrons. The Hall–Kier alpha value is -0.320. The number of hydrogen-bond donors (Lipinski definition) is 1. The number of carbonyl (C=O) groups is 1. The molecule has 4 nitrogen and oxygen atoms in total. The van der Waals surface area contributed by atoms with Gasteiger partial charge in [0.2, 0.25) is 5.91 Å². The van der Waals surface area contributed by atoms with Crippen molar-refractivity contribution in [3.05, 3.63) is 0 Å². The number of morpholine rings is 1. The van der Waals surface area contributed by atoms with E-state index in [9.17, 15) is 4.79 Å². The Kier molecular flexibility index (Phi) is 6.97. The average molecular weight is 277 g/mol. The van der Waals surface area contributed by atoms with Crippen LogP contribution in [0.15, 0.2) is 0 Å². The monoisotopic (exact) mass is 276 g/mol. The second-order valence-corrected chi connectivity index (χ2v) is 5.05. The molecule has 0 aromatic carbocycles. The largest absolute Gasteiger partial charge is 0.378 e. The van der Waals surface area contributed by atoms with Crippen molar-refractivity contribution in [1.82, 2.24) is 10.2 Å². The molecule has 0 aromatic heterocycles. The minimum atomic E-state index is 0. The summed E-state index contributed by atoms with van der Waals surface area (Å²) >= 11 is 0. The highest BCUT2D eigenvalue weighted by Gasteiger charge is 2.27. The summed E-state index contributed by atoms with van der Waals surface area (Å²) in [5.74, 6) is 0.294. The highest BCUT2D eigenvalue weighted by molar-refractivity contribution is 5.85. The summed E-state index contributed by atoms with van der Waals surface area (Å²) in [6.07, 6.45) is 5.52. The van der Waals surface area contributed by atoms with Gasteiger partial charge in [0.05, 0.1) is 13.2 Å². The van der Waals surface area contributed by atoms with Crippen molar-refractivity contribution in [3.63, 3.8) is 0 Å². The molecule has 1 aliphatic heterocycles. The molecule has 1 aliphatic carbocycles. The number of nitrogens with one attached hydrogen (secondary N) is 1. The Morgan fingerprint density at radius 2 is 2.11 bits per heavy atom. The molecule has 0 spiro atoms. The van der Waals surface area contributed by atoms with E-state index in [1.807, 2.05) is 0 Å². The molecule has 5 heteroatoms. The van der Waals surface area contributed by atoms with E-state index in [1.54, 1.807) is 0 Å². The number of carbonyl (C=O) groups excluding carboxylic acids is 1. The van der Waals surface area contributed by atoms with Crippen molar-refractivity contribution in [2.75, 3.05) is 26.3 Å². The molecule has 2 fully saturated rings. The van der Waals surface area contributed by atoms with E-state index in [0.717, 1.165) is 19.7 Å². The summed E-state index contributed by atoms with van der Waals surface area (Å²) in [7, 11) is 0. The third-order valence-corrected chi connectivity index (χ3v) is 3.85. The molecule has 2 rings (SSSR count). The van der Waals surface area contributed by atoms with Gasteiger partial charge < -0.3 is 15.0 Å². The Morgan fingerprint density at radius 3 is 2.67 bits per heavy atom. The van der Waals surface area contributed by atoms with Gasteiger partial charge in [-0.25, -0.2) is 0 Å². The maximum Gasteiger partial charge on any atom is 0.224 e.